The highest BCUT2D eigenvalue weighted by atomic mass is 35.5. The molecule has 43 heavy (non-hydrogen) atoms. The van der Waals surface area contributed by atoms with Crippen LogP contribution in [0, 0.1) is 22.2 Å². The summed E-state index contributed by atoms with van der Waals surface area (Å²) in [7, 11) is 0. The van der Waals surface area contributed by atoms with E-state index < -0.39 is 0 Å². The minimum Gasteiger partial charge on any atom is -0.489 e. The van der Waals surface area contributed by atoms with Crippen molar-refractivity contribution in [2.24, 2.45) is 10.8 Å². The van der Waals surface area contributed by atoms with Crippen molar-refractivity contribution in [3.05, 3.63) is 64.2 Å². The number of carbonyl (C=O) groups is 1. The normalized spacial score (nSPS) is 23.8. The van der Waals surface area contributed by atoms with Crippen molar-refractivity contribution in [1.82, 2.24) is 15.5 Å². The van der Waals surface area contributed by atoms with Gasteiger partial charge in [0, 0.05) is 35.0 Å². The number of hydrogen-bond donors (Lipinski definition) is 2. The molecule has 3 fully saturated rings. The van der Waals surface area contributed by atoms with Crippen molar-refractivity contribution in [1.29, 1.82) is 5.26 Å². The average Bonchev–Trinajstić information content (AvgIpc) is 2.99. The number of hydrogen-bond acceptors (Lipinski definition) is 6. The number of carbonyl (C=O) groups excluding carboxylic acids is 1. The SMILES string of the molecule is CC1(C)C(NC(=O)c2ccc(C3CCN(CCOC4CCNCC4)CC3)cc2)C(C)(C)C1Oc1ccc(C#N)c(Cl)c1.Cl. The zero-order valence-electron chi connectivity index (χ0n) is 25.8. The van der Waals surface area contributed by atoms with Crippen LogP contribution in [-0.2, 0) is 4.74 Å². The van der Waals surface area contributed by atoms with Gasteiger partial charge in [-0.3, -0.25) is 4.79 Å². The monoisotopic (exact) mass is 628 g/mol. The van der Waals surface area contributed by atoms with Gasteiger partial charge in [-0.15, -0.1) is 12.4 Å². The Labute approximate surface area is 268 Å². The first kappa shape index (κ1) is 33.6. The number of nitriles is 1. The quantitative estimate of drug-likeness (QED) is 0.344. The van der Waals surface area contributed by atoms with E-state index in [1.165, 1.54) is 5.56 Å². The molecule has 0 bridgehead atoms. The lowest BCUT2D eigenvalue weighted by Crippen LogP contribution is -2.74. The lowest BCUT2D eigenvalue weighted by atomic mass is 9.49. The Bertz CT molecular complexity index is 1260. The molecule has 0 atom stereocenters. The molecule has 2 heterocycles. The van der Waals surface area contributed by atoms with Crippen LogP contribution in [0.25, 0.3) is 0 Å². The molecule has 1 saturated carbocycles. The second kappa shape index (κ2) is 14.2. The van der Waals surface area contributed by atoms with Crippen molar-refractivity contribution < 1.29 is 14.3 Å². The van der Waals surface area contributed by atoms with Gasteiger partial charge in [-0.25, -0.2) is 0 Å². The van der Waals surface area contributed by atoms with Crippen LogP contribution >= 0.6 is 24.0 Å². The third-order valence-corrected chi connectivity index (χ3v) is 10.0. The maximum atomic E-state index is 13.3. The van der Waals surface area contributed by atoms with Gasteiger partial charge in [-0.2, -0.15) is 5.26 Å². The second-order valence-electron chi connectivity index (χ2n) is 13.4. The largest absolute Gasteiger partial charge is 0.489 e. The summed E-state index contributed by atoms with van der Waals surface area (Å²) in [6.07, 6.45) is 4.80. The molecule has 2 aromatic rings. The van der Waals surface area contributed by atoms with E-state index in [9.17, 15) is 4.79 Å². The molecule has 5 rings (SSSR count). The van der Waals surface area contributed by atoms with Crippen LogP contribution in [0.3, 0.4) is 0 Å². The molecule has 0 aromatic heterocycles. The fourth-order valence-electron chi connectivity index (χ4n) is 7.52. The van der Waals surface area contributed by atoms with Crippen molar-refractivity contribution in [3.63, 3.8) is 0 Å². The predicted molar refractivity (Wildman–Crippen MR) is 173 cm³/mol. The van der Waals surface area contributed by atoms with E-state index in [4.69, 9.17) is 26.3 Å². The van der Waals surface area contributed by atoms with Gasteiger partial charge in [0.2, 0.25) is 0 Å². The van der Waals surface area contributed by atoms with Gasteiger partial charge in [0.15, 0.2) is 0 Å². The van der Waals surface area contributed by atoms with Crippen LogP contribution < -0.4 is 15.4 Å². The topological polar surface area (TPSA) is 86.6 Å². The Kier molecular flexibility index (Phi) is 11.1. The first-order chi connectivity index (χ1) is 20.1. The van der Waals surface area contributed by atoms with E-state index in [0.29, 0.717) is 33.9 Å². The lowest BCUT2D eigenvalue weighted by molar-refractivity contribution is -0.164. The Hall–Kier alpha value is -2.34. The molecule has 0 radical (unpaired) electrons. The first-order valence-corrected chi connectivity index (χ1v) is 15.8. The molecule has 0 spiro atoms. The fourth-order valence-corrected chi connectivity index (χ4v) is 7.73. The number of rotatable bonds is 9. The van der Waals surface area contributed by atoms with Gasteiger partial charge in [0.1, 0.15) is 17.9 Å². The van der Waals surface area contributed by atoms with Crippen molar-refractivity contribution in [2.75, 3.05) is 39.3 Å². The number of nitrogens with zero attached hydrogens (tertiary/aromatic N) is 2. The molecule has 1 aliphatic carbocycles. The Morgan fingerprint density at radius 2 is 1.70 bits per heavy atom. The van der Waals surface area contributed by atoms with E-state index in [1.54, 1.807) is 18.2 Å². The molecular formula is C34H46Cl2N4O3. The molecule has 2 saturated heterocycles. The van der Waals surface area contributed by atoms with E-state index in [2.05, 4.69) is 61.4 Å². The van der Waals surface area contributed by atoms with Crippen LogP contribution in [-0.4, -0.2) is 68.4 Å². The summed E-state index contributed by atoms with van der Waals surface area (Å²) in [4.78, 5) is 15.8. The van der Waals surface area contributed by atoms with Crippen LogP contribution in [0.5, 0.6) is 5.75 Å². The fraction of sp³-hybridized carbons (Fsp3) is 0.588. The maximum Gasteiger partial charge on any atom is 0.251 e. The average molecular weight is 630 g/mol. The van der Waals surface area contributed by atoms with Crippen LogP contribution in [0.15, 0.2) is 42.5 Å². The third-order valence-electron chi connectivity index (χ3n) is 9.71. The highest BCUT2D eigenvalue weighted by Crippen LogP contribution is 2.55. The van der Waals surface area contributed by atoms with Gasteiger partial charge in [0.05, 0.1) is 23.3 Å². The Morgan fingerprint density at radius 3 is 2.30 bits per heavy atom. The molecule has 234 valence electrons. The van der Waals surface area contributed by atoms with Gasteiger partial charge in [-0.1, -0.05) is 51.4 Å². The molecule has 2 aromatic carbocycles. The van der Waals surface area contributed by atoms with E-state index in [0.717, 1.165) is 65.0 Å². The molecule has 0 unspecified atom stereocenters. The first-order valence-electron chi connectivity index (χ1n) is 15.4. The molecular weight excluding hydrogens is 583 g/mol. The van der Waals surface area contributed by atoms with Crippen LogP contribution in [0.2, 0.25) is 5.02 Å². The van der Waals surface area contributed by atoms with Gasteiger partial charge >= 0.3 is 0 Å². The minimum absolute atomic E-state index is 0. The van der Waals surface area contributed by atoms with Gasteiger partial charge < -0.3 is 25.0 Å². The molecule has 2 aliphatic heterocycles. The van der Waals surface area contributed by atoms with Crippen molar-refractivity contribution >= 4 is 29.9 Å². The minimum atomic E-state index is -0.300. The number of halogens is 2. The Morgan fingerprint density at radius 1 is 1.05 bits per heavy atom. The number of likely N-dealkylation sites (tertiary alicyclic amines) is 1. The summed E-state index contributed by atoms with van der Waals surface area (Å²) in [5.74, 6) is 1.10. The third kappa shape index (κ3) is 7.49. The zero-order valence-corrected chi connectivity index (χ0v) is 27.4. The van der Waals surface area contributed by atoms with E-state index in [-0.39, 0.29) is 41.3 Å². The summed E-state index contributed by atoms with van der Waals surface area (Å²) in [6, 6.07) is 15.3. The second-order valence-corrected chi connectivity index (χ2v) is 13.8. The van der Waals surface area contributed by atoms with Crippen molar-refractivity contribution in [2.45, 2.75) is 77.5 Å². The van der Waals surface area contributed by atoms with Crippen LogP contribution in [0.4, 0.5) is 0 Å². The number of amides is 1. The summed E-state index contributed by atoms with van der Waals surface area (Å²) in [5, 5.41) is 16.2. The maximum absolute atomic E-state index is 13.3. The predicted octanol–water partition coefficient (Wildman–Crippen LogP) is 6.19. The van der Waals surface area contributed by atoms with E-state index in [1.807, 2.05) is 12.1 Å². The highest BCUT2D eigenvalue weighted by Gasteiger charge is 2.64. The number of piperidine rings is 2. The summed E-state index contributed by atoms with van der Waals surface area (Å²) >= 11 is 6.22. The summed E-state index contributed by atoms with van der Waals surface area (Å²) in [6.45, 7) is 14.6. The smallest absolute Gasteiger partial charge is 0.251 e. The molecule has 9 heteroatoms. The van der Waals surface area contributed by atoms with Gasteiger partial charge in [0.25, 0.3) is 5.91 Å². The zero-order chi connectivity index (χ0) is 29.9. The molecule has 2 N–H and O–H groups in total. The number of ether oxygens (including phenoxy) is 2. The standard InChI is InChI=1S/C34H45ClN4O3.ClH/c1-33(2)31(34(3,4)32(33)42-28-10-9-26(22-36)29(35)21-28)38-30(40)25-7-5-23(6-8-25)24-13-17-39(18-14-24)19-20-41-27-11-15-37-16-12-27;/h5-10,21,24,27,31-32,37H,11-20H2,1-4H3,(H,38,40);1H. The van der Waals surface area contributed by atoms with Gasteiger partial charge in [-0.05, 0) is 87.6 Å². The highest BCUT2D eigenvalue weighted by molar-refractivity contribution is 6.31. The molecule has 1 amide bonds. The number of nitrogens with one attached hydrogen (secondary N) is 2. The van der Waals surface area contributed by atoms with E-state index >= 15 is 0 Å². The Balaban J connectivity index is 0.00000423. The number of benzene rings is 2. The van der Waals surface area contributed by atoms with Crippen LogP contribution in [0.1, 0.15) is 80.8 Å². The lowest BCUT2D eigenvalue weighted by Gasteiger charge is -2.63. The molecule has 3 aliphatic rings. The summed E-state index contributed by atoms with van der Waals surface area (Å²) < 4.78 is 12.5. The van der Waals surface area contributed by atoms with Crippen molar-refractivity contribution in [3.8, 4) is 11.8 Å². The summed E-state index contributed by atoms with van der Waals surface area (Å²) in [5.41, 5.74) is 1.82. The molecule has 7 nitrogen and oxygen atoms in total.